The van der Waals surface area contributed by atoms with Crippen molar-refractivity contribution >= 4 is 35.5 Å². The van der Waals surface area contributed by atoms with Crippen molar-refractivity contribution in [2.24, 2.45) is 11.7 Å². The van der Waals surface area contributed by atoms with E-state index in [1.165, 1.54) is 16.7 Å². The summed E-state index contributed by atoms with van der Waals surface area (Å²) in [6.07, 6.45) is 4.01. The molecule has 1 rings (SSSR count). The molecule has 3 amide bonds. The van der Waals surface area contributed by atoms with E-state index in [2.05, 4.69) is 10.6 Å². The van der Waals surface area contributed by atoms with Crippen LogP contribution in [-0.2, 0) is 19.2 Å². The highest BCUT2D eigenvalue weighted by Crippen LogP contribution is 2.19. The molecule has 10 heteroatoms. The number of amides is 3. The molecular weight excluding hydrogens is 396 g/mol. The number of hydrogen-bond donors (Lipinski definition) is 4. The van der Waals surface area contributed by atoms with Gasteiger partial charge in [0.2, 0.25) is 17.7 Å². The molecule has 0 aromatic rings. The minimum Gasteiger partial charge on any atom is -0.480 e. The highest BCUT2D eigenvalue weighted by atomic mass is 32.2. The summed E-state index contributed by atoms with van der Waals surface area (Å²) in [7, 11) is 0. The third-order valence-electron chi connectivity index (χ3n) is 5.35. The number of likely N-dealkylation sites (tertiary alicyclic amines) is 1. The molecule has 166 valence electrons. The molecule has 1 heterocycles. The monoisotopic (exact) mass is 430 g/mol. The van der Waals surface area contributed by atoms with Gasteiger partial charge in [0, 0.05) is 6.54 Å². The first-order valence-electron chi connectivity index (χ1n) is 10.0. The Morgan fingerprint density at radius 3 is 2.45 bits per heavy atom. The van der Waals surface area contributed by atoms with E-state index in [1.807, 2.05) is 20.1 Å². The first kappa shape index (κ1) is 25.2. The maximum absolute atomic E-state index is 12.8. The number of rotatable bonds is 11. The fraction of sp³-hybridized carbons (Fsp3) is 0.789. The first-order chi connectivity index (χ1) is 13.6. The van der Waals surface area contributed by atoms with Crippen LogP contribution in [-0.4, -0.2) is 76.4 Å². The average molecular weight is 431 g/mol. The predicted molar refractivity (Wildman–Crippen MR) is 112 cm³/mol. The van der Waals surface area contributed by atoms with Gasteiger partial charge in [0.05, 0.1) is 6.04 Å². The number of carbonyl (C=O) groups excluding carboxylic acids is 3. The number of carboxylic acid groups (broad SMARTS) is 1. The zero-order chi connectivity index (χ0) is 22.1. The summed E-state index contributed by atoms with van der Waals surface area (Å²) in [6.45, 7) is 5.75. The van der Waals surface area contributed by atoms with Crippen LogP contribution in [0.3, 0.4) is 0 Å². The fourth-order valence-electron chi connectivity index (χ4n) is 3.20. The Kier molecular flexibility index (Phi) is 10.5. The number of nitrogens with two attached hydrogens (primary N) is 1. The SMILES string of the molecule is CCC(C)C(N)C(=O)NC(C)C(=O)N1CCCC1C(=O)NC(CCSC)C(=O)O. The lowest BCUT2D eigenvalue weighted by molar-refractivity contribution is -0.144. The highest BCUT2D eigenvalue weighted by molar-refractivity contribution is 7.98. The van der Waals surface area contributed by atoms with Gasteiger partial charge in [0.15, 0.2) is 0 Å². The molecular formula is C19H34N4O5S. The van der Waals surface area contributed by atoms with Crippen LogP contribution >= 0.6 is 11.8 Å². The number of thioether (sulfide) groups is 1. The smallest absolute Gasteiger partial charge is 0.326 e. The summed E-state index contributed by atoms with van der Waals surface area (Å²) < 4.78 is 0. The Labute approximate surface area is 176 Å². The Morgan fingerprint density at radius 1 is 1.24 bits per heavy atom. The third kappa shape index (κ3) is 7.18. The van der Waals surface area contributed by atoms with Crippen LogP contribution in [0.2, 0.25) is 0 Å². The number of carbonyl (C=O) groups is 4. The Hall–Kier alpha value is -1.81. The minimum absolute atomic E-state index is 0.0168. The molecule has 1 aliphatic heterocycles. The summed E-state index contributed by atoms with van der Waals surface area (Å²) in [5, 5.41) is 14.5. The molecule has 0 aromatic carbocycles. The van der Waals surface area contributed by atoms with Crippen molar-refractivity contribution in [1.82, 2.24) is 15.5 Å². The largest absolute Gasteiger partial charge is 0.480 e. The van der Waals surface area contributed by atoms with Crippen LogP contribution < -0.4 is 16.4 Å². The second-order valence-electron chi connectivity index (χ2n) is 7.51. The third-order valence-corrected chi connectivity index (χ3v) is 6.00. The Balaban J connectivity index is 2.74. The van der Waals surface area contributed by atoms with Crippen molar-refractivity contribution in [3.8, 4) is 0 Å². The van der Waals surface area contributed by atoms with E-state index >= 15 is 0 Å². The normalized spacial score (nSPS) is 20.4. The second kappa shape index (κ2) is 12.0. The summed E-state index contributed by atoms with van der Waals surface area (Å²) in [5.41, 5.74) is 5.91. The molecule has 0 aromatic heterocycles. The molecule has 29 heavy (non-hydrogen) atoms. The van der Waals surface area contributed by atoms with Crippen LogP contribution in [0.5, 0.6) is 0 Å². The van der Waals surface area contributed by atoms with Gasteiger partial charge in [-0.05, 0) is 44.1 Å². The van der Waals surface area contributed by atoms with Gasteiger partial charge in [0.25, 0.3) is 0 Å². The van der Waals surface area contributed by atoms with Gasteiger partial charge in [-0.15, -0.1) is 0 Å². The highest BCUT2D eigenvalue weighted by Gasteiger charge is 2.38. The van der Waals surface area contributed by atoms with E-state index in [4.69, 9.17) is 5.73 Å². The van der Waals surface area contributed by atoms with E-state index in [-0.39, 0.29) is 11.8 Å². The predicted octanol–water partition coefficient (Wildman–Crippen LogP) is 0.178. The topological polar surface area (TPSA) is 142 Å². The number of carboxylic acids is 1. The van der Waals surface area contributed by atoms with Gasteiger partial charge in [-0.2, -0.15) is 11.8 Å². The maximum Gasteiger partial charge on any atom is 0.326 e. The van der Waals surface area contributed by atoms with Gasteiger partial charge in [-0.3, -0.25) is 14.4 Å². The molecule has 1 fully saturated rings. The second-order valence-corrected chi connectivity index (χ2v) is 8.50. The van der Waals surface area contributed by atoms with Crippen molar-refractivity contribution in [3.05, 3.63) is 0 Å². The summed E-state index contributed by atoms with van der Waals surface area (Å²) in [6, 6.07) is -3.25. The summed E-state index contributed by atoms with van der Waals surface area (Å²) in [4.78, 5) is 50.5. The molecule has 0 bridgehead atoms. The average Bonchev–Trinajstić information content (AvgIpc) is 3.18. The zero-order valence-electron chi connectivity index (χ0n) is 17.6. The van der Waals surface area contributed by atoms with Crippen LogP contribution in [0, 0.1) is 5.92 Å². The zero-order valence-corrected chi connectivity index (χ0v) is 18.5. The standard InChI is InChI=1S/C19H34N4O5S/c1-5-11(2)15(20)17(25)21-12(3)18(26)23-9-6-7-14(23)16(24)22-13(19(27)28)8-10-29-4/h11-15H,5-10,20H2,1-4H3,(H,21,25)(H,22,24)(H,27,28). The fourth-order valence-corrected chi connectivity index (χ4v) is 3.67. The van der Waals surface area contributed by atoms with Crippen molar-refractivity contribution in [2.45, 2.75) is 70.6 Å². The van der Waals surface area contributed by atoms with E-state index in [0.29, 0.717) is 31.6 Å². The van der Waals surface area contributed by atoms with Gasteiger partial charge >= 0.3 is 5.97 Å². The Morgan fingerprint density at radius 2 is 1.90 bits per heavy atom. The van der Waals surface area contributed by atoms with Gasteiger partial charge < -0.3 is 26.4 Å². The van der Waals surface area contributed by atoms with Gasteiger partial charge in [-0.25, -0.2) is 4.79 Å². The molecule has 5 atom stereocenters. The van der Waals surface area contributed by atoms with Crippen molar-refractivity contribution < 1.29 is 24.3 Å². The lowest BCUT2D eigenvalue weighted by Crippen LogP contribution is -2.56. The number of nitrogens with zero attached hydrogens (tertiary/aromatic N) is 1. The molecule has 5 unspecified atom stereocenters. The van der Waals surface area contributed by atoms with Crippen molar-refractivity contribution in [1.29, 1.82) is 0 Å². The first-order valence-corrected chi connectivity index (χ1v) is 11.4. The van der Waals surface area contributed by atoms with E-state index in [9.17, 15) is 24.3 Å². The van der Waals surface area contributed by atoms with Crippen molar-refractivity contribution in [3.63, 3.8) is 0 Å². The number of aliphatic carboxylic acids is 1. The van der Waals surface area contributed by atoms with Crippen molar-refractivity contribution in [2.75, 3.05) is 18.6 Å². The van der Waals surface area contributed by atoms with Crippen LogP contribution in [0.15, 0.2) is 0 Å². The van der Waals surface area contributed by atoms with Crippen LogP contribution in [0.25, 0.3) is 0 Å². The molecule has 5 N–H and O–H groups in total. The van der Waals surface area contributed by atoms with Crippen LogP contribution in [0.1, 0.15) is 46.5 Å². The molecule has 0 spiro atoms. The van der Waals surface area contributed by atoms with E-state index < -0.39 is 42.0 Å². The molecule has 9 nitrogen and oxygen atoms in total. The van der Waals surface area contributed by atoms with Crippen LogP contribution in [0.4, 0.5) is 0 Å². The lowest BCUT2D eigenvalue weighted by atomic mass is 9.99. The van der Waals surface area contributed by atoms with E-state index in [1.54, 1.807) is 6.92 Å². The molecule has 1 aliphatic rings. The summed E-state index contributed by atoms with van der Waals surface area (Å²) in [5.74, 6) is -1.75. The quantitative estimate of drug-likeness (QED) is 0.366. The summed E-state index contributed by atoms with van der Waals surface area (Å²) >= 11 is 1.50. The van der Waals surface area contributed by atoms with Gasteiger partial charge in [0.1, 0.15) is 18.1 Å². The molecule has 1 saturated heterocycles. The molecule has 0 saturated carbocycles. The maximum atomic E-state index is 12.8. The Bertz CT molecular complexity index is 603. The molecule has 0 aliphatic carbocycles. The number of hydrogen-bond acceptors (Lipinski definition) is 6. The van der Waals surface area contributed by atoms with Gasteiger partial charge in [-0.1, -0.05) is 20.3 Å². The molecule has 0 radical (unpaired) electrons. The lowest BCUT2D eigenvalue weighted by Gasteiger charge is -2.29. The van der Waals surface area contributed by atoms with E-state index in [0.717, 1.165) is 6.42 Å². The number of nitrogens with one attached hydrogen (secondary N) is 2. The minimum atomic E-state index is -1.09.